The van der Waals surface area contributed by atoms with Gasteiger partial charge in [0.25, 0.3) is 6.71 Å². The van der Waals surface area contributed by atoms with Gasteiger partial charge in [-0.05, 0) is 132 Å². The molecule has 0 bridgehead atoms. The van der Waals surface area contributed by atoms with Gasteiger partial charge in [0.1, 0.15) is 0 Å². The van der Waals surface area contributed by atoms with Crippen molar-refractivity contribution in [2.75, 3.05) is 14.7 Å². The Bertz CT molecular complexity index is 2940. The minimum absolute atomic E-state index is 0.00691. The lowest BCUT2D eigenvalue weighted by Crippen LogP contribution is -2.64. The van der Waals surface area contributed by atoms with E-state index in [1.807, 2.05) is 0 Å². The summed E-state index contributed by atoms with van der Waals surface area (Å²) in [6.07, 6.45) is 7.05. The highest BCUT2D eigenvalue weighted by Gasteiger charge is 2.64. The minimum Gasteiger partial charge on any atom is -0.334 e. The number of nitrogens with zero attached hydrogens (tertiary/aromatic N) is 3. The summed E-state index contributed by atoms with van der Waals surface area (Å²) in [5.41, 5.74) is 21.6. The molecule has 0 saturated heterocycles. The number of hydrogen-bond donors (Lipinski definition) is 0. The Kier molecular flexibility index (Phi) is 6.88. The predicted molar refractivity (Wildman–Crippen MR) is 252 cm³/mol. The van der Waals surface area contributed by atoms with E-state index >= 15 is 0 Å². The highest BCUT2D eigenvalue weighted by molar-refractivity contribution is 7.00. The number of hydrogen-bond acceptors (Lipinski definition) is 3. The molecule has 4 heteroatoms. The van der Waals surface area contributed by atoms with E-state index < -0.39 is 0 Å². The van der Waals surface area contributed by atoms with Gasteiger partial charge in [-0.25, -0.2) is 0 Å². The standard InChI is InChI=1S/C56H50BN3/c1-53-31-15-16-32-55(53,3)59(47-29-28-39(34-44(47)53)37-18-7-5-8-19-37)41-35-49-51-50(36-41)60-52-43(54(2)33-30-38-20-11-12-23-42(38)56(54,60)4)24-17-26-46(52)57(51)45-25-13-14-27-48(45)58(49)40-21-9-6-10-22-40/h5-14,17-29,34-36H,15-16,30-33H2,1-4H3. The molecule has 0 radical (unpaired) electrons. The minimum atomic E-state index is -0.289. The van der Waals surface area contributed by atoms with Gasteiger partial charge in [0, 0.05) is 50.6 Å². The van der Waals surface area contributed by atoms with E-state index in [2.05, 4.69) is 200 Å². The molecule has 1 fully saturated rings. The molecule has 1 saturated carbocycles. The highest BCUT2D eigenvalue weighted by Crippen LogP contribution is 2.66. The summed E-state index contributed by atoms with van der Waals surface area (Å²) in [7, 11) is 0. The van der Waals surface area contributed by atoms with Gasteiger partial charge in [0.15, 0.2) is 0 Å². The summed E-state index contributed by atoms with van der Waals surface area (Å²) in [5, 5.41) is 0. The first-order valence-corrected chi connectivity index (χ1v) is 22.4. The van der Waals surface area contributed by atoms with Crippen LogP contribution in [0.25, 0.3) is 11.1 Å². The number of para-hydroxylation sites is 3. The quantitative estimate of drug-likeness (QED) is 0.166. The third-order valence-electron chi connectivity index (χ3n) is 17.0. The molecule has 7 aromatic rings. The molecule has 4 aliphatic heterocycles. The second-order valence-corrected chi connectivity index (χ2v) is 19.4. The molecule has 60 heavy (non-hydrogen) atoms. The summed E-state index contributed by atoms with van der Waals surface area (Å²) >= 11 is 0. The van der Waals surface area contributed by atoms with Gasteiger partial charge in [-0.2, -0.15) is 0 Å². The van der Waals surface area contributed by atoms with Crippen molar-refractivity contribution in [2.45, 2.75) is 88.1 Å². The van der Waals surface area contributed by atoms with Crippen molar-refractivity contribution in [1.29, 1.82) is 0 Å². The van der Waals surface area contributed by atoms with Crippen LogP contribution in [0.3, 0.4) is 0 Å². The van der Waals surface area contributed by atoms with Crippen LogP contribution in [-0.2, 0) is 22.8 Å². The van der Waals surface area contributed by atoms with E-state index in [4.69, 9.17) is 0 Å². The van der Waals surface area contributed by atoms with Crippen LogP contribution in [0.5, 0.6) is 0 Å². The molecule has 0 N–H and O–H groups in total. The second kappa shape index (κ2) is 11.8. The fraction of sp³-hybridized carbons (Fsp3) is 0.250. The molecule has 4 heterocycles. The Hall–Kier alpha value is -6.00. The van der Waals surface area contributed by atoms with E-state index in [1.54, 1.807) is 0 Å². The third-order valence-corrected chi connectivity index (χ3v) is 17.0. The van der Waals surface area contributed by atoms with Crippen molar-refractivity contribution in [3.63, 3.8) is 0 Å². The van der Waals surface area contributed by atoms with Gasteiger partial charge in [0.2, 0.25) is 0 Å². The van der Waals surface area contributed by atoms with Crippen molar-refractivity contribution in [1.82, 2.24) is 0 Å². The van der Waals surface area contributed by atoms with Crippen LogP contribution in [0.1, 0.15) is 82.1 Å². The van der Waals surface area contributed by atoms with Crippen molar-refractivity contribution in [2.24, 2.45) is 0 Å². The Balaban J connectivity index is 1.14. The molecule has 0 amide bonds. The highest BCUT2D eigenvalue weighted by atomic mass is 15.3. The summed E-state index contributed by atoms with van der Waals surface area (Å²) in [4.78, 5) is 8.27. The van der Waals surface area contributed by atoms with Crippen LogP contribution in [0, 0.1) is 0 Å². The van der Waals surface area contributed by atoms with Gasteiger partial charge in [-0.3, -0.25) is 0 Å². The normalized spacial score (nSPS) is 26.1. The maximum Gasteiger partial charge on any atom is 0.252 e. The number of rotatable bonds is 3. The molecule has 2 aliphatic carbocycles. The molecule has 4 atom stereocenters. The average Bonchev–Trinajstić information content (AvgIpc) is 3.64. The van der Waals surface area contributed by atoms with E-state index in [0.29, 0.717) is 0 Å². The zero-order valence-electron chi connectivity index (χ0n) is 35.2. The Morgan fingerprint density at radius 3 is 2.02 bits per heavy atom. The summed E-state index contributed by atoms with van der Waals surface area (Å²) in [6.45, 7) is 10.4. The van der Waals surface area contributed by atoms with Crippen LogP contribution < -0.4 is 31.1 Å². The van der Waals surface area contributed by atoms with E-state index in [0.717, 1.165) is 19.3 Å². The molecule has 0 aromatic heterocycles. The fourth-order valence-corrected chi connectivity index (χ4v) is 13.7. The molecule has 13 rings (SSSR count). The molecule has 7 aromatic carbocycles. The summed E-state index contributed by atoms with van der Waals surface area (Å²) in [5.74, 6) is 0. The summed E-state index contributed by atoms with van der Waals surface area (Å²) in [6, 6.07) is 60.7. The van der Waals surface area contributed by atoms with Crippen LogP contribution in [0.15, 0.2) is 158 Å². The first-order valence-electron chi connectivity index (χ1n) is 22.4. The zero-order valence-corrected chi connectivity index (χ0v) is 35.2. The van der Waals surface area contributed by atoms with Crippen molar-refractivity contribution in [3.05, 3.63) is 180 Å². The van der Waals surface area contributed by atoms with Crippen LogP contribution in [0.4, 0.5) is 39.8 Å². The van der Waals surface area contributed by atoms with Crippen molar-refractivity contribution >= 4 is 62.9 Å². The largest absolute Gasteiger partial charge is 0.334 e. The van der Waals surface area contributed by atoms with Crippen LogP contribution in [-0.4, -0.2) is 12.3 Å². The third kappa shape index (κ3) is 4.08. The monoisotopic (exact) mass is 775 g/mol. The van der Waals surface area contributed by atoms with E-state index in [-0.39, 0.29) is 28.6 Å². The number of fused-ring (bicyclic) bond motifs is 12. The van der Waals surface area contributed by atoms with Crippen LogP contribution >= 0.6 is 0 Å². The van der Waals surface area contributed by atoms with Crippen molar-refractivity contribution in [3.8, 4) is 11.1 Å². The maximum absolute atomic E-state index is 2.86. The fourth-order valence-electron chi connectivity index (χ4n) is 13.7. The lowest BCUT2D eigenvalue weighted by Gasteiger charge is -2.54. The van der Waals surface area contributed by atoms with Crippen molar-refractivity contribution < 1.29 is 0 Å². The number of benzene rings is 7. The maximum atomic E-state index is 2.86. The predicted octanol–water partition coefficient (Wildman–Crippen LogP) is 12.0. The number of anilines is 7. The molecule has 3 nitrogen and oxygen atoms in total. The smallest absolute Gasteiger partial charge is 0.252 e. The van der Waals surface area contributed by atoms with Gasteiger partial charge in [0.05, 0.1) is 11.1 Å². The Morgan fingerprint density at radius 2 is 1.17 bits per heavy atom. The Morgan fingerprint density at radius 1 is 0.467 bits per heavy atom. The zero-order chi connectivity index (χ0) is 40.2. The first kappa shape index (κ1) is 34.8. The van der Waals surface area contributed by atoms with Crippen LogP contribution in [0.2, 0.25) is 0 Å². The number of aryl methyl sites for hydroxylation is 1. The van der Waals surface area contributed by atoms with Gasteiger partial charge >= 0.3 is 0 Å². The lowest BCUT2D eigenvalue weighted by molar-refractivity contribution is 0.195. The first-order chi connectivity index (χ1) is 29.3. The van der Waals surface area contributed by atoms with E-state index in [9.17, 15) is 0 Å². The lowest BCUT2D eigenvalue weighted by atomic mass is 9.33. The SMILES string of the molecule is CC12CCCCC1(C)N(c1cc3c4c(c1)N1c5c(cccc5C5(C)CCc6ccccc6C15C)B4c1ccccc1N3c1ccccc1)c1ccc(-c3ccccc3)cc12. The molecule has 292 valence electrons. The molecule has 4 unspecified atom stereocenters. The average molecular weight is 776 g/mol. The Labute approximate surface area is 355 Å². The molecular weight excluding hydrogens is 725 g/mol. The van der Waals surface area contributed by atoms with Gasteiger partial charge in [-0.1, -0.05) is 142 Å². The molecule has 0 spiro atoms. The van der Waals surface area contributed by atoms with Gasteiger partial charge < -0.3 is 14.7 Å². The van der Waals surface area contributed by atoms with Gasteiger partial charge in [-0.15, -0.1) is 0 Å². The topological polar surface area (TPSA) is 9.72 Å². The summed E-state index contributed by atoms with van der Waals surface area (Å²) < 4.78 is 0. The molecule has 6 aliphatic rings. The molecular formula is C56H50BN3. The van der Waals surface area contributed by atoms with E-state index in [1.165, 1.54) is 109 Å². The second-order valence-electron chi connectivity index (χ2n) is 19.4.